The van der Waals surface area contributed by atoms with E-state index in [2.05, 4.69) is 18.7 Å². The van der Waals surface area contributed by atoms with Gasteiger partial charge in [-0.2, -0.15) is 0 Å². The van der Waals surface area contributed by atoms with E-state index in [0.29, 0.717) is 41.1 Å². The number of benzene rings is 3. The summed E-state index contributed by atoms with van der Waals surface area (Å²) in [7, 11) is 2.54. The summed E-state index contributed by atoms with van der Waals surface area (Å²) >= 11 is 0. The lowest BCUT2D eigenvalue weighted by Crippen LogP contribution is -2.38. The molecule has 226 valence electrons. The smallest absolute Gasteiger partial charge is 0.337 e. The highest BCUT2D eigenvalue weighted by Crippen LogP contribution is 2.27. The second-order valence-electron chi connectivity index (χ2n) is 9.94. The third-order valence-electron chi connectivity index (χ3n) is 7.34. The van der Waals surface area contributed by atoms with Crippen molar-refractivity contribution in [3.63, 3.8) is 0 Å². The fraction of sp³-hybridized carbons (Fsp3) is 0.312. The van der Waals surface area contributed by atoms with Gasteiger partial charge in [0.2, 0.25) is 5.91 Å². The highest BCUT2D eigenvalue weighted by molar-refractivity contribution is 5.99. The third-order valence-corrected chi connectivity index (χ3v) is 7.34. The van der Waals surface area contributed by atoms with Gasteiger partial charge in [0.15, 0.2) is 0 Å². The molecule has 43 heavy (non-hydrogen) atoms. The summed E-state index contributed by atoms with van der Waals surface area (Å²) < 4.78 is 13.9. The van der Waals surface area contributed by atoms with E-state index in [0.717, 1.165) is 23.7 Å². The van der Waals surface area contributed by atoms with E-state index in [-0.39, 0.29) is 24.2 Å². The van der Waals surface area contributed by atoms with Crippen LogP contribution in [0.15, 0.2) is 71.5 Å². The maximum atomic E-state index is 14.1. The Kier molecular flexibility index (Phi) is 9.87. The molecule has 11 nitrogen and oxygen atoms in total. The van der Waals surface area contributed by atoms with Crippen LogP contribution in [0.3, 0.4) is 0 Å². The van der Waals surface area contributed by atoms with Gasteiger partial charge in [0.25, 0.3) is 0 Å². The zero-order valence-corrected chi connectivity index (χ0v) is 24.9. The number of rotatable bonds is 12. The number of imide groups is 1. The van der Waals surface area contributed by atoms with Crippen LogP contribution in [-0.2, 0) is 22.5 Å². The fourth-order valence-corrected chi connectivity index (χ4v) is 5.04. The zero-order valence-electron chi connectivity index (χ0n) is 24.9. The number of methoxy groups -OCH3 is 1. The minimum absolute atomic E-state index is 0.164. The van der Waals surface area contributed by atoms with Crippen LogP contribution in [0, 0.1) is 0 Å². The van der Waals surface area contributed by atoms with Crippen molar-refractivity contribution < 1.29 is 23.9 Å². The van der Waals surface area contributed by atoms with Crippen molar-refractivity contribution >= 4 is 34.6 Å². The molecule has 0 saturated carbocycles. The van der Waals surface area contributed by atoms with E-state index in [9.17, 15) is 19.2 Å². The molecule has 0 atom stereocenters. The number of aromatic nitrogens is 2. The molecule has 0 aliphatic carbocycles. The van der Waals surface area contributed by atoms with Crippen molar-refractivity contribution in [2.75, 3.05) is 38.8 Å². The molecule has 0 aliphatic rings. The number of likely N-dealkylation sites (N-methyl/N-ethyl adjacent to an activating group) is 1. The Morgan fingerprint density at radius 2 is 1.63 bits per heavy atom. The highest BCUT2D eigenvalue weighted by atomic mass is 16.5. The molecule has 0 bridgehead atoms. The lowest BCUT2D eigenvalue weighted by atomic mass is 10.0. The van der Waals surface area contributed by atoms with E-state index >= 15 is 0 Å². The second kappa shape index (κ2) is 13.7. The molecule has 1 heterocycles. The second-order valence-corrected chi connectivity index (χ2v) is 9.94. The van der Waals surface area contributed by atoms with E-state index in [1.54, 1.807) is 10.6 Å². The molecule has 0 unspecified atom stereocenters. The minimum atomic E-state index is -0.910. The molecule has 0 radical (unpaired) electrons. The quantitative estimate of drug-likeness (QED) is 0.196. The van der Waals surface area contributed by atoms with Gasteiger partial charge in [-0.25, -0.2) is 14.4 Å². The number of fused-ring (bicyclic) bond motifs is 1. The van der Waals surface area contributed by atoms with Crippen molar-refractivity contribution in [3.8, 4) is 11.4 Å². The Labute approximate surface area is 250 Å². The van der Waals surface area contributed by atoms with Crippen molar-refractivity contribution in [1.82, 2.24) is 14.0 Å². The number of hydrogen-bond donors (Lipinski definition) is 1. The Balaban J connectivity index is 1.86. The van der Waals surface area contributed by atoms with Gasteiger partial charge in [-0.1, -0.05) is 18.2 Å². The van der Waals surface area contributed by atoms with Crippen molar-refractivity contribution in [2.24, 2.45) is 5.73 Å². The van der Waals surface area contributed by atoms with Gasteiger partial charge in [0.1, 0.15) is 5.75 Å². The minimum Gasteiger partial charge on any atom is -0.494 e. The van der Waals surface area contributed by atoms with Crippen molar-refractivity contribution in [1.29, 1.82) is 0 Å². The van der Waals surface area contributed by atoms with Gasteiger partial charge in [-0.3, -0.25) is 18.8 Å². The summed E-state index contributed by atoms with van der Waals surface area (Å²) in [5.74, 6) is -0.494. The van der Waals surface area contributed by atoms with E-state index < -0.39 is 17.9 Å². The summed E-state index contributed by atoms with van der Waals surface area (Å²) in [5, 5.41) is 0. The largest absolute Gasteiger partial charge is 0.494 e. The maximum Gasteiger partial charge on any atom is 0.337 e. The van der Waals surface area contributed by atoms with Crippen LogP contribution < -0.4 is 21.1 Å². The number of ether oxygens (including phenoxy) is 2. The Bertz CT molecular complexity index is 1660. The molecule has 0 spiro atoms. The summed E-state index contributed by atoms with van der Waals surface area (Å²) in [5.41, 5.74) is 8.05. The molecular formula is C32H37N5O6. The number of anilines is 1. The first-order valence-corrected chi connectivity index (χ1v) is 14.2. The number of nitrogens with zero attached hydrogens (tertiary/aromatic N) is 4. The van der Waals surface area contributed by atoms with Gasteiger partial charge in [-0.15, -0.1) is 0 Å². The van der Waals surface area contributed by atoms with Gasteiger partial charge in [0.05, 0.1) is 42.4 Å². The number of hydrogen-bond acceptors (Lipinski definition) is 7. The first-order valence-electron chi connectivity index (χ1n) is 14.2. The summed E-state index contributed by atoms with van der Waals surface area (Å²) in [6.45, 7) is 6.44. The molecular weight excluding hydrogens is 550 g/mol. The van der Waals surface area contributed by atoms with Crippen molar-refractivity contribution in [3.05, 3.63) is 88.3 Å². The molecule has 0 aliphatic heterocycles. The van der Waals surface area contributed by atoms with Crippen LogP contribution in [0.1, 0.15) is 36.2 Å². The Hall–Kier alpha value is -5.06. The van der Waals surface area contributed by atoms with Gasteiger partial charge in [-0.05, 0) is 74.4 Å². The summed E-state index contributed by atoms with van der Waals surface area (Å²) in [6.07, 6.45) is 0.216. The summed E-state index contributed by atoms with van der Waals surface area (Å²) in [4.78, 5) is 54.5. The fourth-order valence-electron chi connectivity index (χ4n) is 5.04. The number of imidazole rings is 1. The molecule has 2 N–H and O–H groups in total. The Morgan fingerprint density at radius 1 is 0.953 bits per heavy atom. The molecule has 11 heteroatoms. The van der Waals surface area contributed by atoms with Gasteiger partial charge < -0.3 is 20.1 Å². The lowest BCUT2D eigenvalue weighted by Gasteiger charge is -2.21. The topological polar surface area (TPSA) is 129 Å². The number of carbonyl (C=O) groups excluding carboxylic acids is 3. The lowest BCUT2D eigenvalue weighted by molar-refractivity contribution is -0.126. The van der Waals surface area contributed by atoms with Gasteiger partial charge >= 0.3 is 17.7 Å². The van der Waals surface area contributed by atoms with Crippen LogP contribution >= 0.6 is 0 Å². The maximum absolute atomic E-state index is 14.1. The number of carbonyl (C=O) groups is 3. The number of amides is 3. The number of primary amides is 1. The first-order chi connectivity index (χ1) is 20.7. The van der Waals surface area contributed by atoms with Crippen LogP contribution in [0.4, 0.5) is 10.5 Å². The van der Waals surface area contributed by atoms with Crippen molar-refractivity contribution in [2.45, 2.75) is 33.2 Å². The first kappa shape index (κ1) is 30.9. The molecule has 3 aromatic carbocycles. The monoisotopic (exact) mass is 587 g/mol. The third kappa shape index (κ3) is 6.72. The number of urea groups is 1. The predicted octanol–water partition coefficient (Wildman–Crippen LogP) is 3.97. The average molecular weight is 588 g/mol. The SMILES string of the molecule is CCN(CC)c1ccc(-n2c(=O)n(CCCOc3ccccc3)c3c(CC(=O)N(C)C(N)=O)cc(C(=O)OC)cc32)cc1. The molecule has 3 amide bonds. The number of nitrogens with two attached hydrogens (primary N) is 1. The molecule has 0 fully saturated rings. The van der Waals surface area contributed by atoms with Gasteiger partial charge in [0, 0.05) is 32.4 Å². The highest BCUT2D eigenvalue weighted by Gasteiger charge is 2.24. The van der Waals surface area contributed by atoms with Crippen LogP contribution in [-0.4, -0.2) is 65.8 Å². The van der Waals surface area contributed by atoms with Crippen LogP contribution in [0.5, 0.6) is 5.75 Å². The van der Waals surface area contributed by atoms with Crippen LogP contribution in [0.2, 0.25) is 0 Å². The Morgan fingerprint density at radius 3 is 2.23 bits per heavy atom. The zero-order chi connectivity index (χ0) is 31.1. The van der Waals surface area contributed by atoms with E-state index in [1.165, 1.54) is 24.8 Å². The molecule has 4 aromatic rings. The average Bonchev–Trinajstić information content (AvgIpc) is 3.30. The van der Waals surface area contributed by atoms with E-state index in [4.69, 9.17) is 15.2 Å². The normalized spacial score (nSPS) is 10.9. The predicted molar refractivity (Wildman–Crippen MR) is 165 cm³/mol. The molecule has 1 aromatic heterocycles. The van der Waals surface area contributed by atoms with E-state index in [1.807, 2.05) is 54.6 Å². The standard InChI is InChI=1S/C32H37N5O6/c1-5-35(6-2)24-13-15-25(16-14-24)37-27-20-23(30(39)42-4)19-22(21-28(38)34(3)31(33)40)29(27)36(32(37)41)17-10-18-43-26-11-8-7-9-12-26/h7-9,11-16,19-20H,5-6,10,17-18,21H2,1-4H3,(H2,33,40). The molecule has 0 saturated heterocycles. The number of aryl methyl sites for hydroxylation is 1. The number of esters is 1. The number of para-hydroxylation sites is 1. The van der Waals surface area contributed by atoms with Crippen LogP contribution in [0.25, 0.3) is 16.7 Å². The molecule has 4 rings (SSSR count). The summed E-state index contributed by atoms with van der Waals surface area (Å²) in [6, 6.07) is 19.2.